The van der Waals surface area contributed by atoms with E-state index in [1.807, 2.05) is 30.3 Å². The second-order valence-electron chi connectivity index (χ2n) is 6.11. The van der Waals surface area contributed by atoms with Gasteiger partial charge in [0.25, 0.3) is 5.76 Å². The molecule has 23 heavy (non-hydrogen) atoms. The highest BCUT2D eigenvalue weighted by Crippen LogP contribution is 2.28. The van der Waals surface area contributed by atoms with Crippen molar-refractivity contribution in [3.63, 3.8) is 0 Å². The summed E-state index contributed by atoms with van der Waals surface area (Å²) in [6.45, 7) is 5.40. The van der Waals surface area contributed by atoms with Crippen LogP contribution in [-0.4, -0.2) is 16.7 Å². The van der Waals surface area contributed by atoms with E-state index in [2.05, 4.69) is 5.16 Å². The van der Waals surface area contributed by atoms with Gasteiger partial charge in [0.2, 0.25) is 0 Å². The number of para-hydroxylation sites is 1. The fraction of sp³-hybridized carbons (Fsp3) is 0.222. The van der Waals surface area contributed by atoms with Crippen molar-refractivity contribution >= 4 is 16.9 Å². The summed E-state index contributed by atoms with van der Waals surface area (Å²) >= 11 is 0. The Kier molecular flexibility index (Phi) is 3.78. The lowest BCUT2D eigenvalue weighted by molar-refractivity contribution is 0.00307. The maximum Gasteiger partial charge on any atom is 0.378 e. The third-order valence-electron chi connectivity index (χ3n) is 3.01. The zero-order chi connectivity index (χ0) is 16.4. The molecule has 118 valence electrons. The van der Waals surface area contributed by atoms with Crippen molar-refractivity contribution in [2.24, 2.45) is 0 Å². The Morgan fingerprint density at radius 1 is 1.04 bits per heavy atom. The average Bonchev–Trinajstić information content (AvgIpc) is 2.90. The highest BCUT2D eigenvalue weighted by Gasteiger charge is 2.24. The lowest BCUT2D eigenvalue weighted by Crippen LogP contribution is -2.23. The van der Waals surface area contributed by atoms with Crippen molar-refractivity contribution in [2.45, 2.75) is 26.4 Å². The van der Waals surface area contributed by atoms with Crippen LogP contribution in [0.15, 0.2) is 53.1 Å². The highest BCUT2D eigenvalue weighted by molar-refractivity contribution is 6.01. The number of hydrogen-bond acceptors (Lipinski definition) is 5. The predicted molar refractivity (Wildman–Crippen MR) is 85.7 cm³/mol. The van der Waals surface area contributed by atoms with Crippen molar-refractivity contribution < 1.29 is 18.8 Å². The largest absolute Gasteiger partial charge is 0.457 e. The second kappa shape index (κ2) is 5.76. The number of aromatic nitrogens is 1. The summed E-state index contributed by atoms with van der Waals surface area (Å²) < 4.78 is 16.3. The lowest BCUT2D eigenvalue weighted by atomic mass is 10.2. The molecule has 0 aliphatic rings. The van der Waals surface area contributed by atoms with Gasteiger partial charge in [-0.15, -0.1) is 0 Å². The maximum atomic E-state index is 12.2. The second-order valence-corrected chi connectivity index (χ2v) is 6.11. The molecule has 0 fully saturated rings. The first-order chi connectivity index (χ1) is 10.9. The van der Waals surface area contributed by atoms with Crippen LogP contribution in [0.5, 0.6) is 11.5 Å². The average molecular weight is 311 g/mol. The molecule has 0 atom stereocenters. The standard InChI is InChI=1S/C18H17NO4/c1-18(2,3)22-17(20)16-14-11-13(9-10-15(14)19-23-16)21-12-7-5-4-6-8-12/h4-11H,1-3H3. The minimum Gasteiger partial charge on any atom is -0.457 e. The maximum absolute atomic E-state index is 12.2. The van der Waals surface area contributed by atoms with Crippen LogP contribution in [0.3, 0.4) is 0 Å². The van der Waals surface area contributed by atoms with Gasteiger partial charge in [-0.1, -0.05) is 23.4 Å². The van der Waals surface area contributed by atoms with E-state index in [1.54, 1.807) is 39.0 Å². The van der Waals surface area contributed by atoms with E-state index in [-0.39, 0.29) is 5.76 Å². The topological polar surface area (TPSA) is 61.6 Å². The molecule has 0 unspecified atom stereocenters. The van der Waals surface area contributed by atoms with E-state index in [9.17, 15) is 4.79 Å². The Bertz CT molecular complexity index is 831. The monoisotopic (exact) mass is 311 g/mol. The van der Waals surface area contributed by atoms with Crippen molar-refractivity contribution in [1.29, 1.82) is 0 Å². The summed E-state index contributed by atoms with van der Waals surface area (Å²) in [5, 5.41) is 4.45. The van der Waals surface area contributed by atoms with Crippen LogP contribution >= 0.6 is 0 Å². The van der Waals surface area contributed by atoms with E-state index in [1.165, 1.54) is 0 Å². The van der Waals surface area contributed by atoms with Crippen LogP contribution in [0, 0.1) is 0 Å². The molecule has 3 rings (SSSR count). The van der Waals surface area contributed by atoms with Gasteiger partial charge in [0.05, 0.1) is 5.39 Å². The number of carbonyl (C=O) groups excluding carboxylic acids is 1. The van der Waals surface area contributed by atoms with Gasteiger partial charge in [0.15, 0.2) is 0 Å². The molecule has 1 aromatic heterocycles. The third-order valence-corrected chi connectivity index (χ3v) is 3.01. The fourth-order valence-corrected chi connectivity index (χ4v) is 2.08. The molecule has 5 heteroatoms. The molecule has 0 saturated heterocycles. The van der Waals surface area contributed by atoms with E-state index in [0.717, 1.165) is 0 Å². The molecule has 0 saturated carbocycles. The summed E-state index contributed by atoms with van der Waals surface area (Å²) in [6, 6.07) is 14.6. The normalized spacial score (nSPS) is 11.4. The Labute approximate surface area is 133 Å². The molecule has 0 aliphatic carbocycles. The van der Waals surface area contributed by atoms with Gasteiger partial charge in [0.1, 0.15) is 22.6 Å². The van der Waals surface area contributed by atoms with Gasteiger partial charge < -0.3 is 14.0 Å². The number of ether oxygens (including phenoxy) is 2. The minimum atomic E-state index is -0.603. The predicted octanol–water partition coefficient (Wildman–Crippen LogP) is 4.58. The van der Waals surface area contributed by atoms with E-state index < -0.39 is 11.6 Å². The summed E-state index contributed by atoms with van der Waals surface area (Å²) in [7, 11) is 0. The molecule has 0 N–H and O–H groups in total. The van der Waals surface area contributed by atoms with E-state index >= 15 is 0 Å². The number of hydrogen-bond donors (Lipinski definition) is 0. The molecule has 2 aromatic carbocycles. The molecule has 0 radical (unpaired) electrons. The van der Waals surface area contributed by atoms with Gasteiger partial charge in [-0.05, 0) is 51.1 Å². The van der Waals surface area contributed by atoms with E-state index in [0.29, 0.717) is 22.4 Å². The van der Waals surface area contributed by atoms with Crippen LogP contribution in [0.1, 0.15) is 31.3 Å². The molecule has 0 bridgehead atoms. The SMILES string of the molecule is CC(C)(C)OC(=O)c1onc2ccc(Oc3ccccc3)cc12. The van der Waals surface area contributed by atoms with Gasteiger partial charge in [-0.25, -0.2) is 4.79 Å². The first-order valence-corrected chi connectivity index (χ1v) is 7.28. The third kappa shape index (κ3) is 3.51. The smallest absolute Gasteiger partial charge is 0.378 e. The van der Waals surface area contributed by atoms with Crippen molar-refractivity contribution in [2.75, 3.05) is 0 Å². The quantitative estimate of drug-likeness (QED) is 0.663. The molecule has 0 aliphatic heterocycles. The van der Waals surface area contributed by atoms with Crippen LogP contribution in [-0.2, 0) is 4.74 Å². The van der Waals surface area contributed by atoms with Crippen LogP contribution in [0.2, 0.25) is 0 Å². The Hall–Kier alpha value is -2.82. The zero-order valence-electron chi connectivity index (χ0n) is 13.2. The van der Waals surface area contributed by atoms with Gasteiger partial charge in [-0.2, -0.15) is 0 Å². The Morgan fingerprint density at radius 2 is 1.78 bits per heavy atom. The zero-order valence-corrected chi connectivity index (χ0v) is 13.2. The first kappa shape index (κ1) is 15.1. The molecular weight excluding hydrogens is 294 g/mol. The van der Waals surface area contributed by atoms with Gasteiger partial charge in [0, 0.05) is 0 Å². The Morgan fingerprint density at radius 3 is 2.48 bits per heavy atom. The van der Waals surface area contributed by atoms with E-state index in [4.69, 9.17) is 14.0 Å². The molecular formula is C18H17NO4. The Balaban J connectivity index is 1.92. The number of rotatable bonds is 3. The number of carbonyl (C=O) groups is 1. The highest BCUT2D eigenvalue weighted by atomic mass is 16.6. The van der Waals surface area contributed by atoms with Gasteiger partial charge >= 0.3 is 5.97 Å². The van der Waals surface area contributed by atoms with Crippen LogP contribution < -0.4 is 4.74 Å². The minimum absolute atomic E-state index is 0.0773. The lowest BCUT2D eigenvalue weighted by Gasteiger charge is -2.18. The number of nitrogens with zero attached hydrogens (tertiary/aromatic N) is 1. The molecule has 5 nitrogen and oxygen atoms in total. The van der Waals surface area contributed by atoms with Gasteiger partial charge in [-0.3, -0.25) is 0 Å². The first-order valence-electron chi connectivity index (χ1n) is 7.28. The van der Waals surface area contributed by atoms with Crippen molar-refractivity contribution in [3.05, 3.63) is 54.3 Å². The van der Waals surface area contributed by atoms with Crippen LogP contribution in [0.25, 0.3) is 10.9 Å². The van der Waals surface area contributed by atoms with Crippen LogP contribution in [0.4, 0.5) is 0 Å². The summed E-state index contributed by atoms with van der Waals surface area (Å²) in [5.74, 6) is 0.837. The molecule has 0 amide bonds. The summed E-state index contributed by atoms with van der Waals surface area (Å²) in [4.78, 5) is 12.2. The van der Waals surface area contributed by atoms with Crippen molar-refractivity contribution in [1.82, 2.24) is 5.16 Å². The number of esters is 1. The fourth-order valence-electron chi connectivity index (χ4n) is 2.08. The summed E-state index contributed by atoms with van der Waals surface area (Å²) in [6.07, 6.45) is 0. The molecule has 0 spiro atoms. The number of fused-ring (bicyclic) bond motifs is 1. The molecule has 1 heterocycles. The number of benzene rings is 2. The summed E-state index contributed by atoms with van der Waals surface area (Å²) in [5.41, 5.74) is -0.0276. The molecule has 3 aromatic rings. The van der Waals surface area contributed by atoms with Crippen molar-refractivity contribution in [3.8, 4) is 11.5 Å².